The van der Waals surface area contributed by atoms with Crippen molar-refractivity contribution in [2.75, 3.05) is 26.3 Å². The molecule has 0 saturated carbocycles. The number of allylic oxidation sites excluding steroid dienone is 1. The van der Waals surface area contributed by atoms with Crippen LogP contribution in [0.5, 0.6) is 5.75 Å². The molecule has 6 nitrogen and oxygen atoms in total. The summed E-state index contributed by atoms with van der Waals surface area (Å²) in [7, 11) is 0. The summed E-state index contributed by atoms with van der Waals surface area (Å²) in [5, 5.41) is 0. The Bertz CT molecular complexity index is 948. The lowest BCUT2D eigenvalue weighted by molar-refractivity contribution is -0.150. The smallest absolute Gasteiger partial charge is 0.258 e. The minimum absolute atomic E-state index is 0.0166. The Morgan fingerprint density at radius 1 is 1.03 bits per heavy atom. The Hall–Kier alpha value is -2.96. The van der Waals surface area contributed by atoms with Crippen molar-refractivity contribution in [2.45, 2.75) is 38.5 Å². The molecule has 4 rings (SSSR count). The number of unbranched alkanes of at least 4 members (excludes halogenated alkanes) is 1. The van der Waals surface area contributed by atoms with Crippen LogP contribution in [0, 0.1) is 0 Å². The predicted octanol–water partition coefficient (Wildman–Crippen LogP) is 4.16. The predicted molar refractivity (Wildman–Crippen MR) is 121 cm³/mol. The molecular weight excluding hydrogens is 406 g/mol. The Morgan fingerprint density at radius 2 is 1.75 bits per heavy atom. The SMILES string of the molecule is CCCCC(Oc1ccc(C2=CC(=O)C(=O)C(N3CCOCC3)O2)cc1)c1ccccc1. The van der Waals surface area contributed by atoms with Gasteiger partial charge in [0.15, 0.2) is 0 Å². The molecule has 168 valence electrons. The number of Topliss-reactive ketones (excluding diaryl/α,β-unsaturated/α-hetero) is 1. The van der Waals surface area contributed by atoms with Crippen molar-refractivity contribution in [3.63, 3.8) is 0 Å². The van der Waals surface area contributed by atoms with Crippen molar-refractivity contribution >= 4 is 17.3 Å². The summed E-state index contributed by atoms with van der Waals surface area (Å²) in [5.74, 6) is 0.0921. The van der Waals surface area contributed by atoms with Crippen LogP contribution in [0.1, 0.15) is 43.4 Å². The lowest BCUT2D eigenvalue weighted by atomic mass is 10.0. The van der Waals surface area contributed by atoms with E-state index in [0.717, 1.165) is 36.1 Å². The zero-order valence-electron chi connectivity index (χ0n) is 18.4. The van der Waals surface area contributed by atoms with E-state index in [-0.39, 0.29) is 6.10 Å². The zero-order chi connectivity index (χ0) is 22.3. The molecular formula is C26H29NO5. The maximum Gasteiger partial charge on any atom is 0.258 e. The molecule has 0 aliphatic carbocycles. The van der Waals surface area contributed by atoms with Gasteiger partial charge >= 0.3 is 0 Å². The van der Waals surface area contributed by atoms with Crippen molar-refractivity contribution in [2.24, 2.45) is 0 Å². The Kier molecular flexibility index (Phi) is 7.35. The van der Waals surface area contributed by atoms with E-state index in [1.54, 1.807) is 0 Å². The minimum atomic E-state index is -0.890. The van der Waals surface area contributed by atoms with E-state index >= 15 is 0 Å². The largest absolute Gasteiger partial charge is 0.486 e. The van der Waals surface area contributed by atoms with Crippen molar-refractivity contribution in [1.82, 2.24) is 4.90 Å². The molecule has 0 amide bonds. The van der Waals surface area contributed by atoms with Gasteiger partial charge in [0.25, 0.3) is 5.78 Å². The highest BCUT2D eigenvalue weighted by molar-refractivity contribution is 6.44. The molecule has 0 aromatic heterocycles. The summed E-state index contributed by atoms with van der Waals surface area (Å²) in [6, 6.07) is 17.7. The molecule has 32 heavy (non-hydrogen) atoms. The third kappa shape index (κ3) is 5.26. The standard InChI is InChI=1S/C26H29NO5/c1-2-3-9-23(19-7-5-4-6-8-19)31-21-12-10-20(11-13-21)24-18-22(28)25(29)26(32-24)27-14-16-30-17-15-27/h4-8,10-13,18,23,26H,2-3,9,14-17H2,1H3. The number of hydrogen-bond donors (Lipinski definition) is 0. The minimum Gasteiger partial charge on any atom is -0.486 e. The third-order valence-electron chi connectivity index (χ3n) is 5.75. The van der Waals surface area contributed by atoms with E-state index in [4.69, 9.17) is 14.2 Å². The summed E-state index contributed by atoms with van der Waals surface area (Å²) in [4.78, 5) is 26.5. The van der Waals surface area contributed by atoms with Gasteiger partial charge in [-0.1, -0.05) is 43.7 Å². The van der Waals surface area contributed by atoms with Gasteiger partial charge in [-0.2, -0.15) is 0 Å². The molecule has 0 N–H and O–H groups in total. The van der Waals surface area contributed by atoms with Crippen LogP contribution >= 0.6 is 0 Å². The summed E-state index contributed by atoms with van der Waals surface area (Å²) in [5.41, 5.74) is 1.89. The molecule has 2 heterocycles. The quantitative estimate of drug-likeness (QED) is 0.580. The molecule has 2 aromatic carbocycles. The van der Waals surface area contributed by atoms with Gasteiger partial charge in [-0.15, -0.1) is 0 Å². The fraction of sp³-hybridized carbons (Fsp3) is 0.385. The van der Waals surface area contributed by atoms with Crippen LogP contribution in [-0.2, 0) is 19.1 Å². The first-order chi connectivity index (χ1) is 15.7. The summed E-state index contributed by atoms with van der Waals surface area (Å²) in [6.07, 6.45) is 3.50. The van der Waals surface area contributed by atoms with Gasteiger partial charge in [0, 0.05) is 24.7 Å². The summed E-state index contributed by atoms with van der Waals surface area (Å²) >= 11 is 0. The lowest BCUT2D eigenvalue weighted by Crippen LogP contribution is -2.51. The van der Waals surface area contributed by atoms with E-state index in [9.17, 15) is 9.59 Å². The zero-order valence-corrected chi connectivity index (χ0v) is 18.4. The van der Waals surface area contributed by atoms with Crippen LogP contribution in [-0.4, -0.2) is 49.0 Å². The van der Waals surface area contributed by atoms with Gasteiger partial charge in [0.2, 0.25) is 12.0 Å². The van der Waals surface area contributed by atoms with Crippen molar-refractivity contribution < 1.29 is 23.8 Å². The topological polar surface area (TPSA) is 65.1 Å². The molecule has 2 aliphatic heterocycles. The molecule has 2 aromatic rings. The van der Waals surface area contributed by atoms with E-state index in [0.29, 0.717) is 32.1 Å². The molecule has 6 heteroatoms. The van der Waals surface area contributed by atoms with Crippen molar-refractivity contribution in [1.29, 1.82) is 0 Å². The molecule has 2 atom stereocenters. The van der Waals surface area contributed by atoms with Crippen LogP contribution in [0.3, 0.4) is 0 Å². The molecule has 0 radical (unpaired) electrons. The highest BCUT2D eigenvalue weighted by atomic mass is 16.5. The number of morpholine rings is 1. The second-order valence-corrected chi connectivity index (χ2v) is 8.04. The third-order valence-corrected chi connectivity index (χ3v) is 5.75. The normalized spacial score (nSPS) is 20.4. The molecule has 2 aliphatic rings. The molecule has 0 bridgehead atoms. The number of ketones is 2. The van der Waals surface area contributed by atoms with Crippen LogP contribution in [0.25, 0.3) is 5.76 Å². The second-order valence-electron chi connectivity index (χ2n) is 8.04. The fourth-order valence-corrected chi connectivity index (χ4v) is 3.94. The van der Waals surface area contributed by atoms with Crippen molar-refractivity contribution in [3.05, 3.63) is 71.8 Å². The molecule has 1 fully saturated rings. The number of benzene rings is 2. The molecule has 2 unspecified atom stereocenters. The van der Waals surface area contributed by atoms with Gasteiger partial charge in [-0.25, -0.2) is 0 Å². The van der Waals surface area contributed by atoms with Gasteiger partial charge in [0.1, 0.15) is 17.6 Å². The van der Waals surface area contributed by atoms with Gasteiger partial charge in [-0.05, 0) is 42.7 Å². The van der Waals surface area contributed by atoms with Gasteiger partial charge < -0.3 is 14.2 Å². The van der Waals surface area contributed by atoms with Gasteiger partial charge in [0.05, 0.1) is 13.2 Å². The number of carbonyl (C=O) groups is 2. The van der Waals surface area contributed by atoms with E-state index in [1.165, 1.54) is 6.08 Å². The monoisotopic (exact) mass is 435 g/mol. The molecule has 0 spiro atoms. The van der Waals surface area contributed by atoms with E-state index < -0.39 is 17.8 Å². The fourth-order valence-electron chi connectivity index (χ4n) is 3.94. The first-order valence-corrected chi connectivity index (χ1v) is 11.3. The maximum absolute atomic E-state index is 12.4. The number of carbonyl (C=O) groups excluding carboxylic acids is 2. The first-order valence-electron chi connectivity index (χ1n) is 11.3. The van der Waals surface area contributed by atoms with Crippen LogP contribution in [0.4, 0.5) is 0 Å². The Morgan fingerprint density at radius 3 is 2.44 bits per heavy atom. The van der Waals surface area contributed by atoms with Crippen molar-refractivity contribution in [3.8, 4) is 5.75 Å². The average molecular weight is 436 g/mol. The van der Waals surface area contributed by atoms with Gasteiger partial charge in [-0.3, -0.25) is 14.5 Å². The molecule has 1 saturated heterocycles. The van der Waals surface area contributed by atoms with E-state index in [2.05, 4.69) is 19.1 Å². The number of ether oxygens (including phenoxy) is 3. The van der Waals surface area contributed by atoms with Crippen LogP contribution < -0.4 is 4.74 Å². The lowest BCUT2D eigenvalue weighted by Gasteiger charge is -2.35. The number of nitrogens with zero attached hydrogens (tertiary/aromatic N) is 1. The highest BCUT2D eigenvalue weighted by Crippen LogP contribution is 2.30. The Labute approximate surface area is 188 Å². The number of hydrogen-bond acceptors (Lipinski definition) is 6. The van der Waals surface area contributed by atoms with Crippen LogP contribution in [0.2, 0.25) is 0 Å². The highest BCUT2D eigenvalue weighted by Gasteiger charge is 2.37. The Balaban J connectivity index is 1.48. The first kappa shape index (κ1) is 22.2. The van der Waals surface area contributed by atoms with Crippen LogP contribution in [0.15, 0.2) is 60.7 Å². The maximum atomic E-state index is 12.4. The average Bonchev–Trinajstić information content (AvgIpc) is 2.85. The summed E-state index contributed by atoms with van der Waals surface area (Å²) < 4.78 is 17.6. The number of rotatable bonds is 8. The summed E-state index contributed by atoms with van der Waals surface area (Å²) in [6.45, 7) is 4.33. The second kappa shape index (κ2) is 10.6. The van der Waals surface area contributed by atoms with E-state index in [1.807, 2.05) is 47.4 Å².